The zero-order valence-corrected chi connectivity index (χ0v) is 5.14. The normalized spacial score (nSPS) is 52.9. The van der Waals surface area contributed by atoms with E-state index in [-0.39, 0.29) is 0 Å². The van der Waals surface area contributed by atoms with Crippen LogP contribution in [-0.4, -0.2) is 6.04 Å². The van der Waals surface area contributed by atoms with Crippen molar-refractivity contribution in [2.75, 3.05) is 0 Å². The summed E-state index contributed by atoms with van der Waals surface area (Å²) >= 11 is 0. The fourth-order valence-corrected chi connectivity index (χ4v) is 1.96. The van der Waals surface area contributed by atoms with Crippen molar-refractivity contribution in [1.29, 1.82) is 0 Å². The van der Waals surface area contributed by atoms with Crippen LogP contribution >= 0.6 is 0 Å². The first-order chi connectivity index (χ1) is 3.88. The first-order valence-electron chi connectivity index (χ1n) is 3.63. The molecule has 1 heteroatoms. The van der Waals surface area contributed by atoms with Crippen molar-refractivity contribution >= 4 is 0 Å². The molecule has 0 unspecified atom stereocenters. The van der Waals surface area contributed by atoms with E-state index in [0.29, 0.717) is 6.04 Å². The predicted molar refractivity (Wildman–Crippen MR) is 33.4 cm³/mol. The third-order valence-corrected chi connectivity index (χ3v) is 2.64. The first-order valence-corrected chi connectivity index (χ1v) is 3.63. The van der Waals surface area contributed by atoms with Crippen molar-refractivity contribution in [2.24, 2.45) is 17.6 Å². The average molecular weight is 111 g/mol. The Morgan fingerprint density at radius 2 is 2.12 bits per heavy atom. The number of hydrogen-bond acceptors (Lipinski definition) is 1. The largest absolute Gasteiger partial charge is 0.327 e. The molecule has 8 heavy (non-hydrogen) atoms. The van der Waals surface area contributed by atoms with Crippen LogP contribution in [0.25, 0.3) is 0 Å². The highest BCUT2D eigenvalue weighted by molar-refractivity contribution is 4.96. The molecule has 2 N–H and O–H groups in total. The zero-order chi connectivity index (χ0) is 5.56. The SMILES string of the molecule is N[C@@H]1CCC[C@@H]2C[C@H]21. The summed E-state index contributed by atoms with van der Waals surface area (Å²) in [5.74, 6) is 2.00. The summed E-state index contributed by atoms with van der Waals surface area (Å²) in [6, 6.07) is 0.578. The summed E-state index contributed by atoms with van der Waals surface area (Å²) in [7, 11) is 0. The third kappa shape index (κ3) is 0.576. The van der Waals surface area contributed by atoms with Crippen molar-refractivity contribution in [3.05, 3.63) is 0 Å². The second-order valence-corrected chi connectivity index (χ2v) is 3.25. The van der Waals surface area contributed by atoms with Gasteiger partial charge in [-0.25, -0.2) is 0 Å². The van der Waals surface area contributed by atoms with Gasteiger partial charge in [0.1, 0.15) is 0 Å². The lowest BCUT2D eigenvalue weighted by Crippen LogP contribution is -2.25. The Hall–Kier alpha value is -0.0400. The highest BCUT2D eigenvalue weighted by atomic mass is 14.7. The van der Waals surface area contributed by atoms with Crippen molar-refractivity contribution < 1.29 is 0 Å². The fraction of sp³-hybridized carbons (Fsp3) is 1.00. The van der Waals surface area contributed by atoms with Gasteiger partial charge < -0.3 is 5.73 Å². The van der Waals surface area contributed by atoms with Crippen LogP contribution in [0.2, 0.25) is 0 Å². The van der Waals surface area contributed by atoms with E-state index in [2.05, 4.69) is 0 Å². The van der Waals surface area contributed by atoms with Gasteiger partial charge in [-0.05, 0) is 24.7 Å². The molecule has 2 fully saturated rings. The molecule has 0 bridgehead atoms. The number of fused-ring (bicyclic) bond motifs is 1. The fourth-order valence-electron chi connectivity index (χ4n) is 1.96. The van der Waals surface area contributed by atoms with E-state index in [9.17, 15) is 0 Å². The molecule has 0 amide bonds. The lowest BCUT2D eigenvalue weighted by molar-refractivity contribution is 0.419. The van der Waals surface area contributed by atoms with Crippen molar-refractivity contribution in [3.63, 3.8) is 0 Å². The molecule has 0 aromatic heterocycles. The van der Waals surface area contributed by atoms with Crippen molar-refractivity contribution in [3.8, 4) is 0 Å². The minimum absolute atomic E-state index is 0.578. The van der Waals surface area contributed by atoms with Crippen LogP contribution < -0.4 is 5.73 Å². The molecule has 1 nitrogen and oxygen atoms in total. The van der Waals surface area contributed by atoms with E-state index in [4.69, 9.17) is 5.73 Å². The Kier molecular flexibility index (Phi) is 0.884. The summed E-state index contributed by atoms with van der Waals surface area (Å²) in [6.45, 7) is 0. The van der Waals surface area contributed by atoms with Crippen LogP contribution in [0.4, 0.5) is 0 Å². The molecule has 0 aromatic rings. The molecular weight excluding hydrogens is 98.1 g/mol. The second kappa shape index (κ2) is 1.47. The topological polar surface area (TPSA) is 26.0 Å². The van der Waals surface area contributed by atoms with E-state index in [1.54, 1.807) is 0 Å². The van der Waals surface area contributed by atoms with E-state index in [1.807, 2.05) is 0 Å². The Labute approximate surface area is 50.3 Å². The van der Waals surface area contributed by atoms with Gasteiger partial charge in [0, 0.05) is 6.04 Å². The third-order valence-electron chi connectivity index (χ3n) is 2.64. The molecule has 46 valence electrons. The lowest BCUT2D eigenvalue weighted by Gasteiger charge is -2.15. The van der Waals surface area contributed by atoms with Gasteiger partial charge in [0.2, 0.25) is 0 Å². The summed E-state index contributed by atoms with van der Waals surface area (Å²) in [5.41, 5.74) is 5.82. The van der Waals surface area contributed by atoms with Gasteiger partial charge in [0.05, 0.1) is 0 Å². The predicted octanol–water partition coefficient (Wildman–Crippen LogP) is 1.13. The van der Waals surface area contributed by atoms with Gasteiger partial charge in [-0.1, -0.05) is 12.8 Å². The molecule has 0 heterocycles. The van der Waals surface area contributed by atoms with Gasteiger partial charge >= 0.3 is 0 Å². The number of nitrogens with two attached hydrogens (primary N) is 1. The van der Waals surface area contributed by atoms with E-state index in [0.717, 1.165) is 11.8 Å². The minimum atomic E-state index is 0.578. The first kappa shape index (κ1) is 4.80. The summed E-state index contributed by atoms with van der Waals surface area (Å²) < 4.78 is 0. The molecule has 0 radical (unpaired) electrons. The maximum absolute atomic E-state index is 5.82. The van der Waals surface area contributed by atoms with Gasteiger partial charge in [0.15, 0.2) is 0 Å². The average Bonchev–Trinajstić information content (AvgIpc) is 2.45. The Morgan fingerprint density at radius 1 is 1.25 bits per heavy atom. The smallest absolute Gasteiger partial charge is 0.00699 e. The molecule has 2 rings (SSSR count). The summed E-state index contributed by atoms with van der Waals surface area (Å²) in [4.78, 5) is 0. The molecule has 0 spiro atoms. The van der Waals surface area contributed by atoms with Crippen LogP contribution in [-0.2, 0) is 0 Å². The van der Waals surface area contributed by atoms with Crippen LogP contribution in [0.15, 0.2) is 0 Å². The molecule has 2 aliphatic carbocycles. The minimum Gasteiger partial charge on any atom is -0.327 e. The molecule has 0 aliphatic heterocycles. The molecular formula is C7H13N. The van der Waals surface area contributed by atoms with Gasteiger partial charge in [-0.15, -0.1) is 0 Å². The number of hydrogen-bond donors (Lipinski definition) is 1. The van der Waals surface area contributed by atoms with Crippen molar-refractivity contribution in [2.45, 2.75) is 31.7 Å². The van der Waals surface area contributed by atoms with E-state index >= 15 is 0 Å². The quantitative estimate of drug-likeness (QED) is 0.498. The molecule has 0 saturated heterocycles. The highest BCUT2D eigenvalue weighted by Crippen LogP contribution is 2.48. The van der Waals surface area contributed by atoms with Crippen LogP contribution in [0.5, 0.6) is 0 Å². The zero-order valence-electron chi connectivity index (χ0n) is 5.14. The van der Waals surface area contributed by atoms with E-state index < -0.39 is 0 Å². The second-order valence-electron chi connectivity index (χ2n) is 3.25. The summed E-state index contributed by atoms with van der Waals surface area (Å²) in [6.07, 6.45) is 5.60. The Bertz CT molecular complexity index is 101. The summed E-state index contributed by atoms with van der Waals surface area (Å²) in [5, 5.41) is 0. The van der Waals surface area contributed by atoms with Gasteiger partial charge in [-0.2, -0.15) is 0 Å². The van der Waals surface area contributed by atoms with Gasteiger partial charge in [0.25, 0.3) is 0 Å². The van der Waals surface area contributed by atoms with Crippen LogP contribution in [0, 0.1) is 11.8 Å². The monoisotopic (exact) mass is 111 g/mol. The van der Waals surface area contributed by atoms with Crippen molar-refractivity contribution in [1.82, 2.24) is 0 Å². The maximum atomic E-state index is 5.82. The standard InChI is InChI=1S/C7H13N/c8-7-3-1-2-5-4-6(5)7/h5-7H,1-4,8H2/t5-,6-,7-/m1/s1. The molecule has 0 aromatic carbocycles. The molecule has 3 atom stereocenters. The van der Waals surface area contributed by atoms with Crippen LogP contribution in [0.1, 0.15) is 25.7 Å². The van der Waals surface area contributed by atoms with E-state index in [1.165, 1.54) is 25.7 Å². The lowest BCUT2D eigenvalue weighted by atomic mass is 9.96. The molecule has 2 saturated carbocycles. The number of rotatable bonds is 0. The van der Waals surface area contributed by atoms with Gasteiger partial charge in [-0.3, -0.25) is 0 Å². The Morgan fingerprint density at radius 3 is 2.75 bits per heavy atom. The highest BCUT2D eigenvalue weighted by Gasteiger charge is 2.43. The molecule has 2 aliphatic rings. The maximum Gasteiger partial charge on any atom is 0.00699 e. The van der Waals surface area contributed by atoms with Crippen LogP contribution in [0.3, 0.4) is 0 Å². The Balaban J connectivity index is 1.99.